The van der Waals surface area contributed by atoms with Crippen LogP contribution in [0.4, 0.5) is 5.69 Å². The van der Waals surface area contributed by atoms with E-state index in [-0.39, 0.29) is 18.2 Å². The van der Waals surface area contributed by atoms with Gasteiger partial charge in [0.1, 0.15) is 0 Å². The molecule has 2 aromatic carbocycles. The molecule has 4 rings (SSSR count). The summed E-state index contributed by atoms with van der Waals surface area (Å²) in [4.78, 5) is 30.5. The number of carbonyl (C=O) groups excluding carboxylic acids is 2. The molecule has 2 heterocycles. The fourth-order valence-corrected chi connectivity index (χ4v) is 4.85. The summed E-state index contributed by atoms with van der Waals surface area (Å²) in [5.74, 6) is 0.569. The first kappa shape index (κ1) is 19.6. The molecule has 0 unspecified atom stereocenters. The highest BCUT2D eigenvalue weighted by Crippen LogP contribution is 2.46. The molecular weight excluding hydrogens is 362 g/mol. The van der Waals surface area contributed by atoms with Crippen LogP contribution in [-0.2, 0) is 21.4 Å². The second kappa shape index (κ2) is 7.99. The van der Waals surface area contributed by atoms with E-state index in [0.717, 1.165) is 42.7 Å². The summed E-state index contributed by atoms with van der Waals surface area (Å²) >= 11 is 0. The molecule has 1 atom stereocenters. The topological polar surface area (TPSA) is 66.6 Å². The number of benzene rings is 2. The van der Waals surface area contributed by atoms with E-state index in [1.165, 1.54) is 0 Å². The second-order valence-corrected chi connectivity index (χ2v) is 8.36. The minimum Gasteiger partial charge on any atom is -0.343 e. The first-order valence-electron chi connectivity index (χ1n) is 10.4. The molecule has 5 heteroatoms. The molecule has 2 aliphatic heterocycles. The van der Waals surface area contributed by atoms with Crippen LogP contribution in [0.2, 0.25) is 0 Å². The van der Waals surface area contributed by atoms with Crippen molar-refractivity contribution in [1.82, 2.24) is 4.90 Å². The summed E-state index contributed by atoms with van der Waals surface area (Å²) in [6.45, 7) is 2.14. The Balaban J connectivity index is 1.67. The number of carbonyl (C=O) groups is 2. The van der Waals surface area contributed by atoms with Crippen LogP contribution in [0.5, 0.6) is 0 Å². The third-order valence-electron chi connectivity index (χ3n) is 6.60. The molecule has 2 amide bonds. The molecule has 152 valence electrons. The number of piperidine rings is 1. The van der Waals surface area contributed by atoms with E-state index < -0.39 is 5.41 Å². The van der Waals surface area contributed by atoms with E-state index >= 15 is 0 Å². The highest BCUT2D eigenvalue weighted by Gasteiger charge is 2.51. The predicted octanol–water partition coefficient (Wildman–Crippen LogP) is 2.73. The third kappa shape index (κ3) is 3.55. The van der Waals surface area contributed by atoms with Crippen LogP contribution in [0.25, 0.3) is 0 Å². The van der Waals surface area contributed by atoms with Crippen molar-refractivity contribution < 1.29 is 9.59 Å². The van der Waals surface area contributed by atoms with Gasteiger partial charge < -0.3 is 15.5 Å². The van der Waals surface area contributed by atoms with E-state index in [0.29, 0.717) is 18.9 Å². The summed E-state index contributed by atoms with van der Waals surface area (Å²) in [5.41, 5.74) is 7.88. The molecule has 0 bridgehead atoms. The molecule has 0 radical (unpaired) electrons. The number of likely N-dealkylation sites (N-methyl/N-ethyl adjacent to an activating group) is 1. The van der Waals surface area contributed by atoms with Crippen molar-refractivity contribution >= 4 is 17.5 Å². The highest BCUT2D eigenvalue weighted by molar-refractivity contribution is 6.09. The Labute approximate surface area is 172 Å². The number of amides is 2. The number of rotatable bonds is 5. The summed E-state index contributed by atoms with van der Waals surface area (Å²) < 4.78 is 0. The van der Waals surface area contributed by atoms with E-state index in [4.69, 9.17) is 5.73 Å². The smallest absolute Gasteiger partial charge is 0.238 e. The SMILES string of the molecule is CN1C(=O)[C@@](CC(=O)N2CCC(CN)CC2)(Cc2ccccc2)c2ccccc21. The molecule has 29 heavy (non-hydrogen) atoms. The Bertz CT molecular complexity index is 890. The van der Waals surface area contributed by atoms with Gasteiger partial charge >= 0.3 is 0 Å². The molecule has 0 saturated carbocycles. The second-order valence-electron chi connectivity index (χ2n) is 8.36. The van der Waals surface area contributed by atoms with Crippen molar-refractivity contribution in [2.45, 2.75) is 31.1 Å². The van der Waals surface area contributed by atoms with Gasteiger partial charge in [0.25, 0.3) is 0 Å². The predicted molar refractivity (Wildman–Crippen MR) is 115 cm³/mol. The van der Waals surface area contributed by atoms with Gasteiger partial charge in [-0.25, -0.2) is 0 Å². The Kier molecular flexibility index (Phi) is 5.41. The third-order valence-corrected chi connectivity index (χ3v) is 6.60. The molecule has 0 aliphatic carbocycles. The summed E-state index contributed by atoms with van der Waals surface area (Å²) in [5, 5.41) is 0. The zero-order valence-corrected chi connectivity index (χ0v) is 17.0. The zero-order chi connectivity index (χ0) is 20.4. The van der Waals surface area contributed by atoms with Crippen molar-refractivity contribution in [3.8, 4) is 0 Å². The van der Waals surface area contributed by atoms with Crippen LogP contribution in [-0.4, -0.2) is 43.4 Å². The molecule has 5 nitrogen and oxygen atoms in total. The zero-order valence-electron chi connectivity index (χ0n) is 17.0. The lowest BCUT2D eigenvalue weighted by Gasteiger charge is -2.35. The van der Waals surface area contributed by atoms with Gasteiger partial charge in [-0.05, 0) is 48.9 Å². The Morgan fingerprint density at radius 3 is 2.41 bits per heavy atom. The largest absolute Gasteiger partial charge is 0.343 e. The van der Waals surface area contributed by atoms with Crippen molar-refractivity contribution in [1.29, 1.82) is 0 Å². The van der Waals surface area contributed by atoms with E-state index in [2.05, 4.69) is 0 Å². The molecule has 2 aliphatic rings. The van der Waals surface area contributed by atoms with Gasteiger partial charge in [-0.2, -0.15) is 0 Å². The first-order chi connectivity index (χ1) is 14.0. The molecular formula is C24H29N3O2. The number of likely N-dealkylation sites (tertiary alicyclic amines) is 1. The Hall–Kier alpha value is -2.66. The maximum atomic E-state index is 13.5. The molecule has 0 aromatic heterocycles. The lowest BCUT2D eigenvalue weighted by atomic mass is 9.73. The summed E-state index contributed by atoms with van der Waals surface area (Å²) in [6, 6.07) is 17.9. The minimum atomic E-state index is -0.853. The quantitative estimate of drug-likeness (QED) is 0.852. The average molecular weight is 392 g/mol. The molecule has 0 spiro atoms. The van der Waals surface area contributed by atoms with Gasteiger partial charge in [-0.15, -0.1) is 0 Å². The van der Waals surface area contributed by atoms with Crippen molar-refractivity contribution in [3.63, 3.8) is 0 Å². The van der Waals surface area contributed by atoms with Gasteiger partial charge in [0, 0.05) is 32.2 Å². The van der Waals surface area contributed by atoms with Crippen LogP contribution in [0.1, 0.15) is 30.4 Å². The molecule has 2 N–H and O–H groups in total. The maximum absolute atomic E-state index is 13.5. The Morgan fingerprint density at radius 1 is 1.07 bits per heavy atom. The summed E-state index contributed by atoms with van der Waals surface area (Å²) in [7, 11) is 1.81. The number of hydrogen-bond acceptors (Lipinski definition) is 3. The lowest BCUT2D eigenvalue weighted by Crippen LogP contribution is -2.47. The van der Waals surface area contributed by atoms with Crippen LogP contribution in [0.15, 0.2) is 54.6 Å². The number of nitrogens with zero attached hydrogens (tertiary/aromatic N) is 2. The van der Waals surface area contributed by atoms with Crippen LogP contribution < -0.4 is 10.6 Å². The first-order valence-corrected chi connectivity index (χ1v) is 10.4. The normalized spacial score (nSPS) is 22.1. The number of hydrogen-bond donors (Lipinski definition) is 1. The highest BCUT2D eigenvalue weighted by atomic mass is 16.2. The number of nitrogens with two attached hydrogens (primary N) is 1. The van der Waals surface area contributed by atoms with Gasteiger partial charge in [-0.3, -0.25) is 9.59 Å². The van der Waals surface area contributed by atoms with Crippen molar-refractivity contribution in [3.05, 3.63) is 65.7 Å². The van der Waals surface area contributed by atoms with Crippen molar-refractivity contribution in [2.24, 2.45) is 11.7 Å². The number of fused-ring (bicyclic) bond motifs is 1. The Morgan fingerprint density at radius 2 is 1.72 bits per heavy atom. The molecule has 2 aromatic rings. The van der Waals surface area contributed by atoms with E-state index in [1.807, 2.05) is 66.5 Å². The number of para-hydroxylation sites is 1. The van der Waals surface area contributed by atoms with Crippen molar-refractivity contribution in [2.75, 3.05) is 31.6 Å². The van der Waals surface area contributed by atoms with Gasteiger partial charge in [0.15, 0.2) is 0 Å². The summed E-state index contributed by atoms with van der Waals surface area (Å²) in [6.07, 6.45) is 2.62. The maximum Gasteiger partial charge on any atom is 0.238 e. The van der Waals surface area contributed by atoms with Crippen LogP contribution in [0, 0.1) is 5.92 Å². The van der Waals surface area contributed by atoms with Crippen LogP contribution >= 0.6 is 0 Å². The standard InChI is InChI=1S/C24H29N3O2/c1-26-21-10-6-5-9-20(21)24(23(26)29,15-18-7-3-2-4-8-18)16-22(28)27-13-11-19(17-25)12-14-27/h2-10,19H,11-17,25H2,1H3/t24-/m1/s1. The van der Waals surface area contributed by atoms with E-state index in [1.54, 1.807) is 4.90 Å². The van der Waals surface area contributed by atoms with Crippen LogP contribution in [0.3, 0.4) is 0 Å². The van der Waals surface area contributed by atoms with Gasteiger partial charge in [0.05, 0.1) is 5.41 Å². The number of anilines is 1. The fourth-order valence-electron chi connectivity index (χ4n) is 4.85. The average Bonchev–Trinajstić information content (AvgIpc) is 2.97. The minimum absolute atomic E-state index is 0.00717. The van der Waals surface area contributed by atoms with Gasteiger partial charge in [0.2, 0.25) is 11.8 Å². The fraction of sp³-hybridized carbons (Fsp3) is 0.417. The monoisotopic (exact) mass is 391 g/mol. The van der Waals surface area contributed by atoms with Gasteiger partial charge in [-0.1, -0.05) is 48.5 Å². The molecule has 1 saturated heterocycles. The van der Waals surface area contributed by atoms with E-state index in [9.17, 15) is 9.59 Å². The lowest BCUT2D eigenvalue weighted by molar-refractivity contribution is -0.137. The molecule has 1 fully saturated rings.